The molecule has 0 aromatic heterocycles. The van der Waals surface area contributed by atoms with Gasteiger partial charge in [-0.05, 0) is 12.1 Å². The van der Waals surface area contributed by atoms with Gasteiger partial charge in [-0.1, -0.05) is 0 Å². The second-order valence-corrected chi connectivity index (χ2v) is 4.18. The molecule has 0 radical (unpaired) electrons. The molecule has 21 heavy (non-hydrogen) atoms. The average Bonchev–Trinajstić information content (AvgIpc) is 2.24. The van der Waals surface area contributed by atoms with Crippen LogP contribution in [-0.2, 0) is 11.3 Å². The number of hydrogen-bond acceptors (Lipinski definition) is 4. The van der Waals surface area contributed by atoms with Crippen molar-refractivity contribution in [2.75, 3.05) is 13.1 Å². The third-order valence-corrected chi connectivity index (χ3v) is 2.39. The van der Waals surface area contributed by atoms with Crippen LogP contribution in [0.1, 0.15) is 5.56 Å². The number of carboxylic acid groups (broad SMARTS) is 1. The largest absolute Gasteiger partial charge is 0.480 e. The summed E-state index contributed by atoms with van der Waals surface area (Å²) in [7, 11) is 0. The van der Waals surface area contributed by atoms with Crippen LogP contribution in [0.2, 0.25) is 0 Å². The van der Waals surface area contributed by atoms with Crippen molar-refractivity contribution in [1.82, 2.24) is 4.90 Å². The second kappa shape index (κ2) is 6.48. The Morgan fingerprint density at radius 2 is 2.00 bits per heavy atom. The Labute approximate surface area is 115 Å². The van der Waals surface area contributed by atoms with Gasteiger partial charge in [0.2, 0.25) is 0 Å². The zero-order valence-electron chi connectivity index (χ0n) is 10.4. The van der Waals surface area contributed by atoms with Gasteiger partial charge in [-0.2, -0.15) is 13.2 Å². The molecule has 1 aromatic carbocycles. The minimum atomic E-state index is -4.68. The maximum atomic E-state index is 13.1. The van der Waals surface area contributed by atoms with Crippen molar-refractivity contribution in [1.29, 1.82) is 0 Å². The molecule has 0 aliphatic carbocycles. The highest BCUT2D eigenvalue weighted by molar-refractivity contribution is 5.69. The van der Waals surface area contributed by atoms with Gasteiger partial charge >= 0.3 is 12.1 Å². The number of carbonyl (C=O) groups is 1. The topological polar surface area (TPSA) is 83.7 Å². The molecule has 0 saturated carbocycles. The molecule has 0 aliphatic rings. The highest BCUT2D eigenvalue weighted by Gasteiger charge is 2.32. The zero-order chi connectivity index (χ0) is 16.2. The summed E-state index contributed by atoms with van der Waals surface area (Å²) in [4.78, 5) is 20.9. The molecule has 1 N–H and O–H groups in total. The summed E-state index contributed by atoms with van der Waals surface area (Å²) in [5, 5.41) is 19.3. The lowest BCUT2D eigenvalue weighted by molar-refractivity contribution is -0.385. The minimum Gasteiger partial charge on any atom is -0.480 e. The van der Waals surface area contributed by atoms with Crippen LogP contribution in [0.25, 0.3) is 0 Å². The standard InChI is InChI=1S/C11H10F4N2O4/c12-8-1-2-9(17(20)21)7(3-8)4-16(5-10(18)19)6-11(13,14)15/h1-3H,4-6H2,(H,18,19). The number of rotatable bonds is 6. The molecule has 0 spiro atoms. The SMILES string of the molecule is O=C(O)CN(Cc1cc(F)ccc1[N+](=O)[O-])CC(F)(F)F. The molecule has 1 aromatic rings. The van der Waals surface area contributed by atoms with Crippen molar-refractivity contribution >= 4 is 11.7 Å². The summed E-state index contributed by atoms with van der Waals surface area (Å²) in [6.07, 6.45) is -4.68. The number of alkyl halides is 3. The first-order valence-corrected chi connectivity index (χ1v) is 5.52. The van der Waals surface area contributed by atoms with Gasteiger partial charge in [0.25, 0.3) is 5.69 Å². The number of aliphatic carboxylic acids is 1. The summed E-state index contributed by atoms with van der Waals surface area (Å²) in [5.41, 5.74) is -0.903. The zero-order valence-corrected chi connectivity index (χ0v) is 10.4. The van der Waals surface area contributed by atoms with Crippen LogP contribution in [0.4, 0.5) is 23.2 Å². The van der Waals surface area contributed by atoms with Gasteiger partial charge in [0.05, 0.1) is 18.0 Å². The van der Waals surface area contributed by atoms with Gasteiger partial charge in [-0.15, -0.1) is 0 Å². The van der Waals surface area contributed by atoms with E-state index in [1.165, 1.54) is 0 Å². The first-order valence-electron chi connectivity index (χ1n) is 5.52. The second-order valence-electron chi connectivity index (χ2n) is 4.18. The average molecular weight is 310 g/mol. The van der Waals surface area contributed by atoms with Crippen LogP contribution in [0.15, 0.2) is 18.2 Å². The number of nitro groups is 1. The molecule has 6 nitrogen and oxygen atoms in total. The van der Waals surface area contributed by atoms with Gasteiger partial charge in [-0.25, -0.2) is 4.39 Å². The van der Waals surface area contributed by atoms with Crippen LogP contribution in [-0.4, -0.2) is 40.2 Å². The molecule has 0 fully saturated rings. The number of nitro benzene ring substituents is 1. The monoisotopic (exact) mass is 310 g/mol. The Kier molecular flexibility index (Phi) is 5.19. The summed E-state index contributed by atoms with van der Waals surface area (Å²) in [6, 6.07) is 2.33. The van der Waals surface area contributed by atoms with Crippen molar-refractivity contribution in [2.24, 2.45) is 0 Å². The molecule has 1 rings (SSSR count). The number of hydrogen-bond donors (Lipinski definition) is 1. The number of halogens is 4. The predicted molar refractivity (Wildman–Crippen MR) is 62.0 cm³/mol. The number of carboxylic acids is 1. The van der Waals surface area contributed by atoms with Crippen LogP contribution in [0.3, 0.4) is 0 Å². The van der Waals surface area contributed by atoms with E-state index in [-0.39, 0.29) is 5.56 Å². The lowest BCUT2D eigenvalue weighted by Crippen LogP contribution is -2.37. The fourth-order valence-corrected chi connectivity index (χ4v) is 1.71. The summed E-state index contributed by atoms with van der Waals surface area (Å²) >= 11 is 0. The molecule has 0 amide bonds. The number of nitrogens with zero attached hydrogens (tertiary/aromatic N) is 2. The maximum absolute atomic E-state index is 13.1. The Morgan fingerprint density at radius 1 is 1.38 bits per heavy atom. The molecule has 0 atom stereocenters. The van der Waals surface area contributed by atoms with Crippen molar-refractivity contribution in [2.45, 2.75) is 12.7 Å². The molecular weight excluding hydrogens is 300 g/mol. The van der Waals surface area contributed by atoms with Crippen molar-refractivity contribution < 1.29 is 32.4 Å². The Balaban J connectivity index is 3.04. The smallest absolute Gasteiger partial charge is 0.401 e. The third-order valence-electron chi connectivity index (χ3n) is 2.39. The van der Waals surface area contributed by atoms with Gasteiger partial charge in [-0.3, -0.25) is 19.8 Å². The summed E-state index contributed by atoms with van der Waals surface area (Å²) < 4.78 is 50.1. The van der Waals surface area contributed by atoms with E-state index < -0.39 is 48.2 Å². The van der Waals surface area contributed by atoms with E-state index in [4.69, 9.17) is 5.11 Å². The van der Waals surface area contributed by atoms with E-state index in [0.29, 0.717) is 11.0 Å². The van der Waals surface area contributed by atoms with E-state index in [1.54, 1.807) is 0 Å². The first-order chi connectivity index (χ1) is 9.58. The van der Waals surface area contributed by atoms with E-state index in [0.717, 1.165) is 12.1 Å². The van der Waals surface area contributed by atoms with Crippen LogP contribution in [0, 0.1) is 15.9 Å². The fourth-order valence-electron chi connectivity index (χ4n) is 1.71. The van der Waals surface area contributed by atoms with Gasteiger partial charge in [0.15, 0.2) is 0 Å². The molecule has 10 heteroatoms. The van der Waals surface area contributed by atoms with Gasteiger partial charge in [0, 0.05) is 18.2 Å². The molecule has 116 valence electrons. The third kappa shape index (κ3) is 5.73. The van der Waals surface area contributed by atoms with E-state index >= 15 is 0 Å². The van der Waals surface area contributed by atoms with Gasteiger partial charge < -0.3 is 5.11 Å². The molecule has 0 aliphatic heterocycles. The van der Waals surface area contributed by atoms with Crippen molar-refractivity contribution in [3.63, 3.8) is 0 Å². The van der Waals surface area contributed by atoms with Crippen molar-refractivity contribution in [3.05, 3.63) is 39.7 Å². The van der Waals surface area contributed by atoms with Crippen LogP contribution >= 0.6 is 0 Å². The van der Waals surface area contributed by atoms with Gasteiger partial charge in [0.1, 0.15) is 5.82 Å². The highest BCUT2D eigenvalue weighted by atomic mass is 19.4. The molecule has 0 heterocycles. The Morgan fingerprint density at radius 3 is 2.48 bits per heavy atom. The number of benzene rings is 1. The molecule has 0 unspecified atom stereocenters. The fraction of sp³-hybridized carbons (Fsp3) is 0.364. The Bertz CT molecular complexity index is 548. The van der Waals surface area contributed by atoms with E-state index in [1.807, 2.05) is 0 Å². The first kappa shape index (κ1) is 16.8. The molecule has 0 bridgehead atoms. The summed E-state index contributed by atoms with van der Waals surface area (Å²) in [6.45, 7) is -3.26. The molecule has 0 saturated heterocycles. The molecular formula is C11H10F4N2O4. The quantitative estimate of drug-likeness (QED) is 0.494. The van der Waals surface area contributed by atoms with Crippen molar-refractivity contribution in [3.8, 4) is 0 Å². The maximum Gasteiger partial charge on any atom is 0.401 e. The lowest BCUT2D eigenvalue weighted by atomic mass is 10.1. The summed E-state index contributed by atoms with van der Waals surface area (Å²) in [5.74, 6) is -2.39. The minimum absolute atomic E-state index is 0.328. The normalized spacial score (nSPS) is 11.7. The van der Waals surface area contributed by atoms with E-state index in [2.05, 4.69) is 0 Å². The van der Waals surface area contributed by atoms with E-state index in [9.17, 15) is 32.5 Å². The Hall–Kier alpha value is -2.23. The highest BCUT2D eigenvalue weighted by Crippen LogP contribution is 2.23. The predicted octanol–water partition coefficient (Wildman–Crippen LogP) is 2.18. The van der Waals surface area contributed by atoms with Crippen LogP contribution < -0.4 is 0 Å². The lowest BCUT2D eigenvalue weighted by Gasteiger charge is -2.21. The van der Waals surface area contributed by atoms with Crippen LogP contribution in [0.5, 0.6) is 0 Å².